The standard InChI is InChI=1S/C14H25N3O3/c1-16-12(18)11-3-2-6-17(9-11)13(19)14(10-15)4-7-20-8-5-14/h11H,2-10,15H2,1H3,(H,16,18). The van der Waals surface area contributed by atoms with Crippen molar-refractivity contribution >= 4 is 11.8 Å². The number of carbonyl (C=O) groups is 2. The second-order valence-corrected chi connectivity index (χ2v) is 5.80. The van der Waals surface area contributed by atoms with Gasteiger partial charge in [0.05, 0.1) is 11.3 Å². The number of hydrogen-bond acceptors (Lipinski definition) is 4. The number of ether oxygens (including phenoxy) is 1. The number of piperidine rings is 1. The first-order valence-corrected chi connectivity index (χ1v) is 7.42. The molecular weight excluding hydrogens is 258 g/mol. The quantitative estimate of drug-likeness (QED) is 0.746. The maximum atomic E-state index is 12.8. The summed E-state index contributed by atoms with van der Waals surface area (Å²) >= 11 is 0. The van der Waals surface area contributed by atoms with Crippen LogP contribution in [0.2, 0.25) is 0 Å². The number of amides is 2. The normalized spacial score (nSPS) is 26.1. The van der Waals surface area contributed by atoms with Gasteiger partial charge in [-0.3, -0.25) is 9.59 Å². The minimum Gasteiger partial charge on any atom is -0.381 e. The van der Waals surface area contributed by atoms with Crippen molar-refractivity contribution in [1.82, 2.24) is 10.2 Å². The third-order valence-electron chi connectivity index (χ3n) is 4.62. The van der Waals surface area contributed by atoms with E-state index in [4.69, 9.17) is 10.5 Å². The van der Waals surface area contributed by atoms with Crippen molar-refractivity contribution in [2.75, 3.05) is 39.9 Å². The van der Waals surface area contributed by atoms with E-state index in [-0.39, 0.29) is 17.7 Å². The van der Waals surface area contributed by atoms with Crippen LogP contribution in [0.3, 0.4) is 0 Å². The Morgan fingerprint density at radius 2 is 2.10 bits per heavy atom. The van der Waals surface area contributed by atoms with E-state index in [1.54, 1.807) is 7.05 Å². The third-order valence-corrected chi connectivity index (χ3v) is 4.62. The van der Waals surface area contributed by atoms with Gasteiger partial charge in [-0.2, -0.15) is 0 Å². The summed E-state index contributed by atoms with van der Waals surface area (Å²) < 4.78 is 5.35. The van der Waals surface area contributed by atoms with Crippen LogP contribution in [-0.2, 0) is 14.3 Å². The van der Waals surface area contributed by atoms with Gasteiger partial charge in [0.25, 0.3) is 0 Å². The van der Waals surface area contributed by atoms with Crippen molar-refractivity contribution in [3.8, 4) is 0 Å². The molecule has 0 aromatic heterocycles. The zero-order chi connectivity index (χ0) is 14.6. The summed E-state index contributed by atoms with van der Waals surface area (Å²) in [5, 5.41) is 2.68. The molecule has 2 saturated heterocycles. The molecule has 0 bridgehead atoms. The smallest absolute Gasteiger partial charge is 0.230 e. The lowest BCUT2D eigenvalue weighted by molar-refractivity contribution is -0.150. The van der Waals surface area contributed by atoms with Crippen LogP contribution < -0.4 is 11.1 Å². The SMILES string of the molecule is CNC(=O)C1CCCN(C(=O)C2(CN)CCOCC2)C1. The van der Waals surface area contributed by atoms with Crippen molar-refractivity contribution in [2.45, 2.75) is 25.7 Å². The Morgan fingerprint density at radius 1 is 1.40 bits per heavy atom. The molecule has 0 saturated carbocycles. The summed E-state index contributed by atoms with van der Waals surface area (Å²) in [5.41, 5.74) is 5.40. The van der Waals surface area contributed by atoms with E-state index in [0.29, 0.717) is 39.1 Å². The Labute approximate surface area is 120 Å². The fourth-order valence-corrected chi connectivity index (χ4v) is 3.18. The molecule has 20 heavy (non-hydrogen) atoms. The summed E-state index contributed by atoms with van der Waals surface area (Å²) in [5.74, 6) is 0.0422. The fourth-order valence-electron chi connectivity index (χ4n) is 3.18. The van der Waals surface area contributed by atoms with Gasteiger partial charge >= 0.3 is 0 Å². The summed E-state index contributed by atoms with van der Waals surface area (Å²) in [6.45, 7) is 2.79. The van der Waals surface area contributed by atoms with E-state index in [9.17, 15) is 9.59 Å². The Balaban J connectivity index is 2.05. The number of nitrogens with two attached hydrogens (primary N) is 1. The lowest BCUT2D eigenvalue weighted by Gasteiger charge is -2.41. The number of hydrogen-bond donors (Lipinski definition) is 2. The number of nitrogens with one attached hydrogen (secondary N) is 1. The Kier molecular flexibility index (Phi) is 4.99. The van der Waals surface area contributed by atoms with E-state index in [0.717, 1.165) is 19.4 Å². The van der Waals surface area contributed by atoms with Gasteiger partial charge in [-0.05, 0) is 25.7 Å². The van der Waals surface area contributed by atoms with Gasteiger partial charge < -0.3 is 20.7 Å². The maximum Gasteiger partial charge on any atom is 0.230 e. The molecule has 3 N–H and O–H groups in total. The van der Waals surface area contributed by atoms with Crippen molar-refractivity contribution in [2.24, 2.45) is 17.1 Å². The second-order valence-electron chi connectivity index (χ2n) is 5.80. The molecule has 0 aromatic carbocycles. The van der Waals surface area contributed by atoms with E-state index in [2.05, 4.69) is 5.32 Å². The fraction of sp³-hybridized carbons (Fsp3) is 0.857. The molecule has 2 heterocycles. The van der Waals surface area contributed by atoms with Crippen molar-refractivity contribution in [3.05, 3.63) is 0 Å². The number of likely N-dealkylation sites (tertiary alicyclic amines) is 1. The van der Waals surface area contributed by atoms with Gasteiger partial charge in [0.1, 0.15) is 0 Å². The highest BCUT2D eigenvalue weighted by atomic mass is 16.5. The summed E-state index contributed by atoms with van der Waals surface area (Å²) in [4.78, 5) is 26.4. The molecule has 0 spiro atoms. The highest BCUT2D eigenvalue weighted by molar-refractivity contribution is 5.85. The third kappa shape index (κ3) is 2.96. The molecule has 6 heteroatoms. The molecule has 0 radical (unpaired) electrons. The van der Waals surface area contributed by atoms with Crippen molar-refractivity contribution < 1.29 is 14.3 Å². The summed E-state index contributed by atoms with van der Waals surface area (Å²) in [6, 6.07) is 0. The molecule has 2 amide bonds. The van der Waals surface area contributed by atoms with E-state index in [1.807, 2.05) is 4.90 Å². The Bertz CT molecular complexity index is 367. The molecule has 1 atom stereocenters. The first-order chi connectivity index (χ1) is 9.63. The topological polar surface area (TPSA) is 84.7 Å². The van der Waals surface area contributed by atoms with Crippen molar-refractivity contribution in [1.29, 1.82) is 0 Å². The largest absolute Gasteiger partial charge is 0.381 e. The lowest BCUT2D eigenvalue weighted by Crippen LogP contribution is -2.54. The zero-order valence-corrected chi connectivity index (χ0v) is 12.2. The lowest BCUT2D eigenvalue weighted by atomic mass is 9.78. The van der Waals surface area contributed by atoms with E-state index in [1.165, 1.54) is 0 Å². The van der Waals surface area contributed by atoms with Gasteiger partial charge in [0.15, 0.2) is 0 Å². The van der Waals surface area contributed by atoms with E-state index >= 15 is 0 Å². The summed E-state index contributed by atoms with van der Waals surface area (Å²) in [7, 11) is 1.64. The second kappa shape index (κ2) is 6.54. The molecular formula is C14H25N3O3. The van der Waals surface area contributed by atoms with Gasteiger partial charge in [0.2, 0.25) is 11.8 Å². The van der Waals surface area contributed by atoms with Gasteiger partial charge in [0, 0.05) is 39.9 Å². The monoisotopic (exact) mass is 283 g/mol. The highest BCUT2D eigenvalue weighted by Gasteiger charge is 2.42. The van der Waals surface area contributed by atoms with Crippen LogP contribution in [0.4, 0.5) is 0 Å². The van der Waals surface area contributed by atoms with Crippen LogP contribution in [-0.4, -0.2) is 56.6 Å². The molecule has 0 aliphatic carbocycles. The average molecular weight is 283 g/mol. The number of nitrogens with zero attached hydrogens (tertiary/aromatic N) is 1. The van der Waals surface area contributed by atoms with Crippen LogP contribution in [0, 0.1) is 11.3 Å². The first-order valence-electron chi connectivity index (χ1n) is 7.42. The van der Waals surface area contributed by atoms with Gasteiger partial charge in [-0.1, -0.05) is 0 Å². The van der Waals surface area contributed by atoms with Crippen LogP contribution in [0.5, 0.6) is 0 Å². The molecule has 114 valence electrons. The molecule has 2 aliphatic heterocycles. The molecule has 0 aromatic rings. The number of carbonyl (C=O) groups excluding carboxylic acids is 2. The molecule has 2 fully saturated rings. The molecule has 1 unspecified atom stereocenters. The highest BCUT2D eigenvalue weighted by Crippen LogP contribution is 2.33. The van der Waals surface area contributed by atoms with Crippen molar-refractivity contribution in [3.63, 3.8) is 0 Å². The average Bonchev–Trinajstić information content (AvgIpc) is 2.54. The van der Waals surface area contributed by atoms with Crippen LogP contribution >= 0.6 is 0 Å². The number of rotatable bonds is 3. The first kappa shape index (κ1) is 15.3. The maximum absolute atomic E-state index is 12.8. The predicted octanol–water partition coefficient (Wildman–Crippen LogP) is -0.273. The minimum atomic E-state index is -0.483. The Morgan fingerprint density at radius 3 is 2.70 bits per heavy atom. The van der Waals surface area contributed by atoms with Crippen LogP contribution in [0.1, 0.15) is 25.7 Å². The molecule has 2 aliphatic rings. The minimum absolute atomic E-state index is 0.0243. The summed E-state index contributed by atoms with van der Waals surface area (Å²) in [6.07, 6.45) is 3.09. The van der Waals surface area contributed by atoms with E-state index < -0.39 is 5.41 Å². The van der Waals surface area contributed by atoms with Crippen LogP contribution in [0.25, 0.3) is 0 Å². The predicted molar refractivity (Wildman–Crippen MR) is 74.9 cm³/mol. The van der Waals surface area contributed by atoms with Crippen LogP contribution in [0.15, 0.2) is 0 Å². The molecule has 6 nitrogen and oxygen atoms in total. The van der Waals surface area contributed by atoms with Gasteiger partial charge in [-0.15, -0.1) is 0 Å². The Hall–Kier alpha value is -1.14. The van der Waals surface area contributed by atoms with Gasteiger partial charge in [-0.25, -0.2) is 0 Å². The molecule has 2 rings (SSSR count). The zero-order valence-electron chi connectivity index (χ0n) is 12.2.